The van der Waals surface area contributed by atoms with Crippen molar-refractivity contribution in [3.63, 3.8) is 0 Å². The molecule has 7 nitrogen and oxygen atoms in total. The lowest BCUT2D eigenvalue weighted by Crippen LogP contribution is -2.40. The van der Waals surface area contributed by atoms with E-state index in [0.29, 0.717) is 11.9 Å². The Morgan fingerprint density at radius 2 is 1.95 bits per heavy atom. The quantitative estimate of drug-likeness (QED) is 0.913. The Hall–Kier alpha value is -2.18. The van der Waals surface area contributed by atoms with Gasteiger partial charge in [-0.3, -0.25) is 4.57 Å². The number of hydrogen-bond acceptors (Lipinski definition) is 6. The molecule has 0 aliphatic rings. The monoisotopic (exact) mass is 275 g/mol. The molecular formula is C13H21N7. The number of aromatic nitrogens is 5. The molecule has 0 aliphatic heterocycles. The minimum absolute atomic E-state index is 0.102. The summed E-state index contributed by atoms with van der Waals surface area (Å²) < 4.78 is 1.71. The van der Waals surface area contributed by atoms with Crippen molar-refractivity contribution in [1.29, 1.82) is 0 Å². The zero-order chi connectivity index (χ0) is 14.9. The van der Waals surface area contributed by atoms with Gasteiger partial charge in [-0.2, -0.15) is 15.0 Å². The molecule has 2 aromatic heterocycles. The second kappa shape index (κ2) is 5.07. The van der Waals surface area contributed by atoms with Gasteiger partial charge in [-0.25, -0.2) is 4.98 Å². The van der Waals surface area contributed by atoms with Gasteiger partial charge >= 0.3 is 0 Å². The first-order valence-corrected chi connectivity index (χ1v) is 6.52. The Kier molecular flexibility index (Phi) is 3.61. The summed E-state index contributed by atoms with van der Waals surface area (Å²) in [5.41, 5.74) is 5.89. The summed E-state index contributed by atoms with van der Waals surface area (Å²) in [6.07, 6.45) is 5.07. The van der Waals surface area contributed by atoms with Crippen LogP contribution in [0.5, 0.6) is 0 Å². The molecule has 0 aliphatic carbocycles. The summed E-state index contributed by atoms with van der Waals surface area (Å²) in [4.78, 5) is 18.8. The predicted octanol–water partition coefficient (Wildman–Crippen LogP) is 1.51. The molecular weight excluding hydrogens is 254 g/mol. The molecule has 108 valence electrons. The van der Waals surface area contributed by atoms with Crippen LogP contribution in [0, 0.1) is 5.41 Å². The van der Waals surface area contributed by atoms with Crippen molar-refractivity contribution in [2.45, 2.75) is 33.7 Å². The molecule has 0 radical (unpaired) electrons. The Morgan fingerprint density at radius 3 is 2.50 bits per heavy atom. The number of nitrogens with two attached hydrogens (primary N) is 1. The highest BCUT2D eigenvalue weighted by Crippen LogP contribution is 2.25. The minimum Gasteiger partial charge on any atom is -0.368 e. The van der Waals surface area contributed by atoms with Gasteiger partial charge in [0.05, 0.1) is 0 Å². The van der Waals surface area contributed by atoms with E-state index in [2.05, 4.69) is 47.6 Å². The van der Waals surface area contributed by atoms with Gasteiger partial charge in [0, 0.05) is 25.5 Å². The fourth-order valence-electron chi connectivity index (χ4n) is 1.77. The highest BCUT2D eigenvalue weighted by Gasteiger charge is 2.26. The fraction of sp³-hybridized carbons (Fsp3) is 0.538. The lowest BCUT2D eigenvalue weighted by atomic mass is 9.87. The first kappa shape index (κ1) is 14.2. The van der Waals surface area contributed by atoms with Crippen LogP contribution in [-0.2, 0) is 0 Å². The van der Waals surface area contributed by atoms with Crippen LogP contribution in [0.4, 0.5) is 11.9 Å². The molecule has 2 N–H and O–H groups in total. The molecule has 2 rings (SSSR count). The molecule has 2 heterocycles. The maximum atomic E-state index is 5.79. The van der Waals surface area contributed by atoms with Gasteiger partial charge in [0.1, 0.15) is 6.33 Å². The normalized spacial score (nSPS) is 13.2. The van der Waals surface area contributed by atoms with Crippen molar-refractivity contribution in [3.05, 3.63) is 18.7 Å². The van der Waals surface area contributed by atoms with E-state index in [4.69, 9.17) is 5.73 Å². The van der Waals surface area contributed by atoms with Gasteiger partial charge in [0.15, 0.2) is 0 Å². The van der Waals surface area contributed by atoms with Crippen molar-refractivity contribution < 1.29 is 0 Å². The molecule has 0 saturated heterocycles. The van der Waals surface area contributed by atoms with Crippen molar-refractivity contribution in [3.8, 4) is 5.95 Å². The number of imidazole rings is 1. The Bertz CT molecular complexity index is 571. The summed E-state index contributed by atoms with van der Waals surface area (Å²) in [5.74, 6) is 1.23. The van der Waals surface area contributed by atoms with Crippen LogP contribution in [0.15, 0.2) is 18.7 Å². The van der Waals surface area contributed by atoms with E-state index in [1.807, 2.05) is 11.9 Å². The number of nitrogen functional groups attached to an aromatic ring is 1. The number of anilines is 2. The standard InChI is InChI=1S/C13H21N7/c1-9(13(2,3)4)19(5)11-16-10(14)17-12(18-11)20-7-6-15-8-20/h6-9H,1-5H3,(H2,14,16,17,18). The summed E-state index contributed by atoms with van der Waals surface area (Å²) in [6, 6.07) is 0.250. The van der Waals surface area contributed by atoms with Crippen molar-refractivity contribution >= 4 is 11.9 Å². The van der Waals surface area contributed by atoms with Crippen LogP contribution in [0.2, 0.25) is 0 Å². The Labute approximate surface area is 118 Å². The van der Waals surface area contributed by atoms with Crippen molar-refractivity contribution in [2.75, 3.05) is 17.7 Å². The van der Waals surface area contributed by atoms with E-state index in [9.17, 15) is 0 Å². The molecule has 7 heteroatoms. The van der Waals surface area contributed by atoms with E-state index in [-0.39, 0.29) is 17.4 Å². The maximum Gasteiger partial charge on any atom is 0.241 e. The van der Waals surface area contributed by atoms with Gasteiger partial charge in [-0.05, 0) is 12.3 Å². The summed E-state index contributed by atoms with van der Waals surface area (Å²) in [5, 5.41) is 0. The second-order valence-corrected chi connectivity index (χ2v) is 5.92. The zero-order valence-electron chi connectivity index (χ0n) is 12.6. The van der Waals surface area contributed by atoms with Crippen molar-refractivity contribution in [2.24, 2.45) is 5.41 Å². The van der Waals surface area contributed by atoms with E-state index >= 15 is 0 Å². The van der Waals surface area contributed by atoms with Crippen LogP contribution in [0.1, 0.15) is 27.7 Å². The number of nitrogens with zero attached hydrogens (tertiary/aromatic N) is 6. The molecule has 0 aromatic carbocycles. The predicted molar refractivity (Wildman–Crippen MR) is 78.7 cm³/mol. The molecule has 0 bridgehead atoms. The largest absolute Gasteiger partial charge is 0.368 e. The average molecular weight is 275 g/mol. The third-order valence-corrected chi connectivity index (χ3v) is 3.51. The summed E-state index contributed by atoms with van der Waals surface area (Å²) in [6.45, 7) is 8.66. The highest BCUT2D eigenvalue weighted by atomic mass is 15.3. The summed E-state index contributed by atoms with van der Waals surface area (Å²) in [7, 11) is 1.96. The number of hydrogen-bond donors (Lipinski definition) is 1. The van der Waals surface area contributed by atoms with Gasteiger partial charge in [0.2, 0.25) is 17.8 Å². The SMILES string of the molecule is CC(N(C)c1nc(N)nc(-n2ccnc2)n1)C(C)(C)C. The Balaban J connectivity index is 2.38. The molecule has 2 aromatic rings. The zero-order valence-corrected chi connectivity index (χ0v) is 12.6. The van der Waals surface area contributed by atoms with Crippen LogP contribution in [0.25, 0.3) is 5.95 Å². The van der Waals surface area contributed by atoms with Crippen molar-refractivity contribution in [1.82, 2.24) is 24.5 Å². The lowest BCUT2D eigenvalue weighted by molar-refractivity contribution is 0.327. The molecule has 0 amide bonds. The molecule has 1 atom stereocenters. The van der Waals surface area contributed by atoms with E-state index in [1.165, 1.54) is 0 Å². The van der Waals surface area contributed by atoms with Crippen LogP contribution in [0.3, 0.4) is 0 Å². The van der Waals surface area contributed by atoms with E-state index < -0.39 is 0 Å². The fourth-order valence-corrected chi connectivity index (χ4v) is 1.77. The van der Waals surface area contributed by atoms with E-state index in [1.54, 1.807) is 23.3 Å². The first-order valence-electron chi connectivity index (χ1n) is 6.52. The van der Waals surface area contributed by atoms with Gasteiger partial charge in [0.25, 0.3) is 0 Å². The van der Waals surface area contributed by atoms with Crippen LogP contribution in [-0.4, -0.2) is 37.6 Å². The molecule has 0 spiro atoms. The van der Waals surface area contributed by atoms with Crippen LogP contribution >= 0.6 is 0 Å². The molecule has 0 saturated carbocycles. The second-order valence-electron chi connectivity index (χ2n) is 5.92. The van der Waals surface area contributed by atoms with Crippen LogP contribution < -0.4 is 10.6 Å². The first-order chi connectivity index (χ1) is 9.29. The summed E-state index contributed by atoms with van der Waals surface area (Å²) >= 11 is 0. The van der Waals surface area contributed by atoms with E-state index in [0.717, 1.165) is 0 Å². The lowest BCUT2D eigenvalue weighted by Gasteiger charge is -2.35. The Morgan fingerprint density at radius 1 is 1.25 bits per heavy atom. The average Bonchev–Trinajstić information content (AvgIpc) is 2.89. The third-order valence-electron chi connectivity index (χ3n) is 3.51. The third kappa shape index (κ3) is 2.87. The molecule has 0 fully saturated rings. The highest BCUT2D eigenvalue weighted by molar-refractivity contribution is 5.38. The van der Waals surface area contributed by atoms with Gasteiger partial charge in [-0.15, -0.1) is 0 Å². The molecule has 20 heavy (non-hydrogen) atoms. The minimum atomic E-state index is 0.102. The molecule has 1 unspecified atom stereocenters. The van der Waals surface area contributed by atoms with Gasteiger partial charge in [-0.1, -0.05) is 20.8 Å². The number of rotatable bonds is 3. The smallest absolute Gasteiger partial charge is 0.241 e. The topological polar surface area (TPSA) is 85.8 Å². The van der Waals surface area contributed by atoms with Gasteiger partial charge < -0.3 is 10.6 Å². The maximum absolute atomic E-state index is 5.79.